The molecule has 0 saturated heterocycles. The summed E-state index contributed by atoms with van der Waals surface area (Å²) in [4.78, 5) is 32.7. The van der Waals surface area contributed by atoms with Crippen molar-refractivity contribution in [3.05, 3.63) is 60.9 Å². The van der Waals surface area contributed by atoms with Gasteiger partial charge in [-0.3, -0.25) is 19.3 Å². The molecule has 0 aliphatic rings. The van der Waals surface area contributed by atoms with Crippen molar-refractivity contribution in [2.24, 2.45) is 0 Å². The number of nitrogens with zero attached hydrogens (tertiary/aromatic N) is 4. The topological polar surface area (TPSA) is 102 Å². The summed E-state index contributed by atoms with van der Waals surface area (Å²) in [6.07, 6.45) is 4.12. The lowest BCUT2D eigenvalue weighted by Crippen LogP contribution is -2.22. The third kappa shape index (κ3) is 2.85. The summed E-state index contributed by atoms with van der Waals surface area (Å²) in [6.45, 7) is 3.86. The second-order valence-corrected chi connectivity index (χ2v) is 6.33. The first-order chi connectivity index (χ1) is 11.5. The molecule has 124 valence electrons. The Bertz CT molecular complexity index is 965. The molecule has 3 rings (SSSR count). The summed E-state index contributed by atoms with van der Waals surface area (Å²) in [5, 5.41) is 15.1. The maximum atomic E-state index is 12.4. The fourth-order valence-electron chi connectivity index (χ4n) is 2.30. The Kier molecular flexibility index (Phi) is 4.26. The molecule has 0 aliphatic carbocycles. The highest BCUT2D eigenvalue weighted by atomic mass is 32.1. The first-order valence-corrected chi connectivity index (χ1v) is 8.19. The number of nitrogens with one attached hydrogen (secondary N) is 1. The third-order valence-electron chi connectivity index (χ3n) is 3.54. The van der Waals surface area contributed by atoms with E-state index in [0.717, 1.165) is 20.7 Å². The Morgan fingerprint density at radius 2 is 2.25 bits per heavy atom. The lowest BCUT2D eigenvalue weighted by Gasteiger charge is -2.12. The maximum Gasteiger partial charge on any atom is 0.376 e. The van der Waals surface area contributed by atoms with Gasteiger partial charge in [-0.15, -0.1) is 11.3 Å². The van der Waals surface area contributed by atoms with Crippen LogP contribution in [0.25, 0.3) is 5.65 Å². The van der Waals surface area contributed by atoms with Crippen molar-refractivity contribution in [1.29, 1.82) is 0 Å². The molecule has 3 aromatic rings. The van der Waals surface area contributed by atoms with Crippen LogP contribution in [0.5, 0.6) is 0 Å². The van der Waals surface area contributed by atoms with Crippen molar-refractivity contribution in [2.45, 2.75) is 26.3 Å². The summed E-state index contributed by atoms with van der Waals surface area (Å²) < 4.78 is 1.16. The van der Waals surface area contributed by atoms with Gasteiger partial charge in [-0.2, -0.15) is 0 Å². The van der Waals surface area contributed by atoms with Gasteiger partial charge < -0.3 is 5.32 Å². The molecule has 1 unspecified atom stereocenters. The van der Waals surface area contributed by atoms with Gasteiger partial charge in [0.05, 0.1) is 11.0 Å². The van der Waals surface area contributed by atoms with E-state index in [1.54, 1.807) is 24.4 Å². The van der Waals surface area contributed by atoms with E-state index in [1.165, 1.54) is 17.5 Å². The van der Waals surface area contributed by atoms with E-state index in [0.29, 0.717) is 5.65 Å². The van der Waals surface area contributed by atoms with Gasteiger partial charge in [0, 0.05) is 17.3 Å². The van der Waals surface area contributed by atoms with E-state index >= 15 is 0 Å². The van der Waals surface area contributed by atoms with Crippen molar-refractivity contribution in [3.8, 4) is 0 Å². The minimum Gasteiger partial charge on any atom is -0.355 e. The molecule has 0 bridgehead atoms. The maximum absolute atomic E-state index is 12.4. The number of fused-ring (bicyclic) bond motifs is 1. The van der Waals surface area contributed by atoms with Crippen LogP contribution in [0.15, 0.2) is 35.4 Å². The Morgan fingerprint density at radius 1 is 1.46 bits per heavy atom. The lowest BCUT2D eigenvalue weighted by molar-refractivity contribution is -0.385. The molecule has 1 atom stereocenters. The lowest BCUT2D eigenvalue weighted by atomic mass is 10.3. The van der Waals surface area contributed by atoms with Crippen LogP contribution in [0.1, 0.15) is 29.8 Å². The number of anilines is 1. The van der Waals surface area contributed by atoms with Gasteiger partial charge in [-0.1, -0.05) is 13.0 Å². The van der Waals surface area contributed by atoms with Crippen molar-refractivity contribution < 1.29 is 4.92 Å². The number of hydrogen-bond donors (Lipinski definition) is 1. The molecule has 0 radical (unpaired) electrons. The number of aromatic nitrogens is 3. The van der Waals surface area contributed by atoms with Gasteiger partial charge >= 0.3 is 11.2 Å². The zero-order valence-corrected chi connectivity index (χ0v) is 13.9. The second-order valence-electron chi connectivity index (χ2n) is 5.18. The summed E-state index contributed by atoms with van der Waals surface area (Å²) in [5.74, 6) is -0.0445. The normalized spacial score (nSPS) is 12.2. The molecule has 0 aromatic carbocycles. The van der Waals surface area contributed by atoms with Crippen LogP contribution in [0.4, 0.5) is 11.5 Å². The summed E-state index contributed by atoms with van der Waals surface area (Å²) in [7, 11) is 0. The molecule has 3 heterocycles. The van der Waals surface area contributed by atoms with E-state index in [4.69, 9.17) is 0 Å². The molecular weight excluding hydrogens is 330 g/mol. The molecule has 0 spiro atoms. The van der Waals surface area contributed by atoms with Gasteiger partial charge in [0.2, 0.25) is 5.82 Å². The van der Waals surface area contributed by atoms with E-state index in [-0.39, 0.29) is 11.9 Å². The molecule has 8 nitrogen and oxygen atoms in total. The highest BCUT2D eigenvalue weighted by molar-refractivity contribution is 7.11. The van der Waals surface area contributed by atoms with Crippen LogP contribution >= 0.6 is 11.3 Å². The predicted octanol–water partition coefficient (Wildman–Crippen LogP) is 2.79. The molecule has 24 heavy (non-hydrogen) atoms. The van der Waals surface area contributed by atoms with Gasteiger partial charge in [0.1, 0.15) is 10.7 Å². The Morgan fingerprint density at radius 3 is 2.92 bits per heavy atom. The zero-order chi connectivity index (χ0) is 17.3. The van der Waals surface area contributed by atoms with Gasteiger partial charge in [-0.05, 0) is 25.5 Å². The van der Waals surface area contributed by atoms with Gasteiger partial charge in [0.25, 0.3) is 0 Å². The second kappa shape index (κ2) is 6.36. The predicted molar refractivity (Wildman–Crippen MR) is 91.6 cm³/mol. The molecule has 0 fully saturated rings. The molecule has 0 saturated carbocycles. The average molecular weight is 345 g/mol. The minimum absolute atomic E-state index is 0.0445. The first-order valence-electron chi connectivity index (χ1n) is 7.38. The third-order valence-corrected chi connectivity index (χ3v) is 4.86. The first kappa shape index (κ1) is 16.1. The molecule has 9 heteroatoms. The molecule has 1 N–H and O–H groups in total. The largest absolute Gasteiger partial charge is 0.376 e. The zero-order valence-electron chi connectivity index (χ0n) is 13.1. The Hall–Kier alpha value is -2.81. The van der Waals surface area contributed by atoms with Crippen molar-refractivity contribution in [1.82, 2.24) is 14.4 Å². The van der Waals surface area contributed by atoms with Crippen molar-refractivity contribution >= 4 is 28.5 Å². The highest BCUT2D eigenvalue weighted by Gasteiger charge is 2.25. The van der Waals surface area contributed by atoms with Crippen molar-refractivity contribution in [3.63, 3.8) is 0 Å². The summed E-state index contributed by atoms with van der Waals surface area (Å²) in [5.41, 5.74) is -0.942. The quantitative estimate of drug-likeness (QED) is 0.563. The number of hydrogen-bond acceptors (Lipinski definition) is 7. The van der Waals surface area contributed by atoms with Crippen LogP contribution in [0.2, 0.25) is 0 Å². The van der Waals surface area contributed by atoms with E-state index in [2.05, 4.69) is 15.3 Å². The van der Waals surface area contributed by atoms with E-state index < -0.39 is 16.2 Å². The summed E-state index contributed by atoms with van der Waals surface area (Å²) in [6, 6.07) is 4.67. The molecular formula is C15H15N5O3S. The molecule has 0 amide bonds. The van der Waals surface area contributed by atoms with E-state index in [1.807, 2.05) is 13.8 Å². The number of aryl methyl sites for hydroxylation is 1. The Labute approximate surface area is 141 Å². The van der Waals surface area contributed by atoms with Crippen LogP contribution in [-0.2, 0) is 6.42 Å². The van der Waals surface area contributed by atoms with Gasteiger partial charge in [0.15, 0.2) is 0 Å². The van der Waals surface area contributed by atoms with Crippen LogP contribution < -0.4 is 10.9 Å². The van der Waals surface area contributed by atoms with Crippen molar-refractivity contribution in [2.75, 3.05) is 5.32 Å². The number of thiazole rings is 1. The molecule has 3 aromatic heterocycles. The summed E-state index contributed by atoms with van der Waals surface area (Å²) >= 11 is 1.53. The molecule has 0 aliphatic heterocycles. The monoisotopic (exact) mass is 345 g/mol. The minimum atomic E-state index is -0.714. The number of rotatable bonds is 5. The van der Waals surface area contributed by atoms with Crippen LogP contribution in [-0.4, -0.2) is 19.3 Å². The standard InChI is InChI=1S/C15H15N5O3S/c1-3-10-8-16-14(24-10)9(2)17-13-12(20(22)23)15(21)19-7-5-4-6-11(19)18-13/h4-9,17H,3H2,1-2H3. The van der Waals surface area contributed by atoms with E-state index in [9.17, 15) is 14.9 Å². The SMILES string of the molecule is CCc1cnc(C(C)Nc2nc3ccccn3c(=O)c2[N+](=O)[O-])s1. The fourth-order valence-corrected chi connectivity index (χ4v) is 3.16. The smallest absolute Gasteiger partial charge is 0.355 e. The van der Waals surface area contributed by atoms with Gasteiger partial charge in [-0.25, -0.2) is 9.97 Å². The fraction of sp³-hybridized carbons (Fsp3) is 0.267. The number of nitro groups is 1. The highest BCUT2D eigenvalue weighted by Crippen LogP contribution is 2.26. The van der Waals surface area contributed by atoms with Crippen LogP contribution in [0, 0.1) is 10.1 Å². The average Bonchev–Trinajstić information content (AvgIpc) is 3.04. The number of pyridine rings is 1. The van der Waals surface area contributed by atoms with Crippen LogP contribution in [0.3, 0.4) is 0 Å². The Balaban J connectivity index is 2.06.